The molecule has 0 radical (unpaired) electrons. The van der Waals surface area contributed by atoms with Crippen molar-refractivity contribution in [2.75, 3.05) is 12.8 Å². The maximum absolute atomic E-state index is 12.0. The standard InChI is InChI=1S/C10H9Cl2NO5S/c1-13-8(14)4-19(17,18)7-3-5(11)2-6(9(7)12)10(15)16/h2-3H,4H2,1H3,(H,13,14)(H,15,16). The van der Waals surface area contributed by atoms with E-state index in [-0.39, 0.29) is 5.02 Å². The highest BCUT2D eigenvalue weighted by Crippen LogP contribution is 2.30. The number of hydrogen-bond acceptors (Lipinski definition) is 4. The Balaban J connectivity index is 3.43. The molecule has 0 aliphatic rings. The van der Waals surface area contributed by atoms with Gasteiger partial charge in [-0.25, -0.2) is 13.2 Å². The number of sulfone groups is 1. The number of hydrogen-bond donors (Lipinski definition) is 2. The van der Waals surface area contributed by atoms with E-state index in [0.717, 1.165) is 12.1 Å². The fourth-order valence-corrected chi connectivity index (χ4v) is 3.43. The number of amides is 1. The Morgan fingerprint density at radius 2 is 1.89 bits per heavy atom. The van der Waals surface area contributed by atoms with Crippen molar-refractivity contribution in [3.8, 4) is 0 Å². The molecule has 1 rings (SSSR count). The Bertz CT molecular complexity index is 642. The van der Waals surface area contributed by atoms with Gasteiger partial charge < -0.3 is 10.4 Å². The van der Waals surface area contributed by atoms with Crippen molar-refractivity contribution < 1.29 is 23.1 Å². The normalized spacial score (nSPS) is 11.1. The summed E-state index contributed by atoms with van der Waals surface area (Å²) < 4.78 is 23.9. The third-order valence-electron chi connectivity index (χ3n) is 2.17. The van der Waals surface area contributed by atoms with Crippen LogP contribution in [0.15, 0.2) is 17.0 Å². The van der Waals surface area contributed by atoms with E-state index >= 15 is 0 Å². The first-order chi connectivity index (χ1) is 8.69. The summed E-state index contributed by atoms with van der Waals surface area (Å²) in [4.78, 5) is 21.6. The summed E-state index contributed by atoms with van der Waals surface area (Å²) in [6, 6.07) is 2.04. The van der Waals surface area contributed by atoms with Crippen molar-refractivity contribution >= 4 is 44.9 Å². The van der Waals surface area contributed by atoms with Gasteiger partial charge in [0.1, 0.15) is 5.75 Å². The van der Waals surface area contributed by atoms with Crippen LogP contribution in [0.3, 0.4) is 0 Å². The number of rotatable bonds is 4. The van der Waals surface area contributed by atoms with Gasteiger partial charge in [0.25, 0.3) is 0 Å². The van der Waals surface area contributed by atoms with Gasteiger partial charge in [0.15, 0.2) is 9.84 Å². The maximum Gasteiger partial charge on any atom is 0.337 e. The first-order valence-corrected chi connectivity index (χ1v) is 7.25. The quantitative estimate of drug-likeness (QED) is 0.866. The molecule has 1 aromatic carbocycles. The lowest BCUT2D eigenvalue weighted by Gasteiger charge is -2.09. The van der Waals surface area contributed by atoms with Gasteiger partial charge in [-0.1, -0.05) is 23.2 Å². The van der Waals surface area contributed by atoms with Gasteiger partial charge in [-0.15, -0.1) is 0 Å². The number of aromatic carboxylic acids is 1. The van der Waals surface area contributed by atoms with Gasteiger partial charge >= 0.3 is 5.97 Å². The molecule has 0 saturated heterocycles. The van der Waals surface area contributed by atoms with Crippen LogP contribution in [0.1, 0.15) is 10.4 Å². The maximum atomic E-state index is 12.0. The molecule has 0 bridgehead atoms. The lowest BCUT2D eigenvalue weighted by atomic mass is 10.2. The lowest BCUT2D eigenvalue weighted by molar-refractivity contribution is -0.118. The summed E-state index contributed by atoms with van der Waals surface area (Å²) in [5.74, 6) is -3.00. The molecule has 0 atom stereocenters. The predicted molar refractivity (Wildman–Crippen MR) is 69.5 cm³/mol. The summed E-state index contributed by atoms with van der Waals surface area (Å²) in [5, 5.41) is 10.5. The van der Waals surface area contributed by atoms with Crippen LogP contribution in [0.4, 0.5) is 0 Å². The van der Waals surface area contributed by atoms with Gasteiger partial charge in [-0.05, 0) is 12.1 Å². The number of halogens is 2. The van der Waals surface area contributed by atoms with E-state index in [0.29, 0.717) is 0 Å². The molecule has 9 heteroatoms. The molecule has 2 N–H and O–H groups in total. The van der Waals surface area contributed by atoms with Crippen LogP contribution >= 0.6 is 23.2 Å². The molecule has 0 aromatic heterocycles. The van der Waals surface area contributed by atoms with Crippen LogP contribution in [0, 0.1) is 0 Å². The molecule has 0 aliphatic carbocycles. The Kier molecular flexibility index (Phi) is 4.78. The van der Waals surface area contributed by atoms with E-state index in [1.807, 2.05) is 0 Å². The van der Waals surface area contributed by atoms with Crippen molar-refractivity contribution in [3.05, 3.63) is 27.7 Å². The minimum atomic E-state index is -4.07. The zero-order valence-corrected chi connectivity index (χ0v) is 11.9. The summed E-state index contributed by atoms with van der Waals surface area (Å²) in [5.41, 5.74) is -0.440. The minimum absolute atomic E-state index is 0.0997. The smallest absolute Gasteiger partial charge is 0.337 e. The third-order valence-corrected chi connectivity index (χ3v) is 4.54. The SMILES string of the molecule is CNC(=O)CS(=O)(=O)c1cc(Cl)cc(C(=O)O)c1Cl. The van der Waals surface area contributed by atoms with E-state index < -0.39 is 42.9 Å². The van der Waals surface area contributed by atoms with Crippen LogP contribution in [-0.4, -0.2) is 38.2 Å². The van der Waals surface area contributed by atoms with E-state index in [1.165, 1.54) is 7.05 Å². The Morgan fingerprint density at radius 1 is 1.32 bits per heavy atom. The molecule has 104 valence electrons. The molecule has 0 heterocycles. The second-order valence-electron chi connectivity index (χ2n) is 3.50. The first-order valence-electron chi connectivity index (χ1n) is 4.84. The molecular formula is C10H9Cl2NO5S. The Hall–Kier alpha value is -1.31. The molecule has 0 spiro atoms. The number of carbonyl (C=O) groups is 2. The lowest BCUT2D eigenvalue weighted by Crippen LogP contribution is -2.27. The van der Waals surface area contributed by atoms with E-state index in [1.54, 1.807) is 0 Å². The Labute approximate surface area is 119 Å². The minimum Gasteiger partial charge on any atom is -0.478 e. The summed E-state index contributed by atoms with van der Waals surface area (Å²) in [6.45, 7) is 0. The van der Waals surface area contributed by atoms with E-state index in [9.17, 15) is 18.0 Å². The highest BCUT2D eigenvalue weighted by molar-refractivity contribution is 7.92. The first kappa shape index (κ1) is 15.7. The molecule has 1 amide bonds. The van der Waals surface area contributed by atoms with Gasteiger partial charge in [0, 0.05) is 12.1 Å². The van der Waals surface area contributed by atoms with Crippen LogP contribution in [-0.2, 0) is 14.6 Å². The molecule has 0 fully saturated rings. The average molecular weight is 326 g/mol. The van der Waals surface area contributed by atoms with Crippen LogP contribution in [0.2, 0.25) is 10.0 Å². The molecule has 6 nitrogen and oxygen atoms in total. The molecule has 19 heavy (non-hydrogen) atoms. The number of carbonyl (C=O) groups excluding carboxylic acids is 1. The average Bonchev–Trinajstić information content (AvgIpc) is 2.30. The van der Waals surface area contributed by atoms with Crippen molar-refractivity contribution in [3.63, 3.8) is 0 Å². The largest absolute Gasteiger partial charge is 0.478 e. The second-order valence-corrected chi connectivity index (χ2v) is 6.28. The molecule has 0 aliphatic heterocycles. The monoisotopic (exact) mass is 325 g/mol. The fraction of sp³-hybridized carbons (Fsp3) is 0.200. The highest BCUT2D eigenvalue weighted by atomic mass is 35.5. The van der Waals surface area contributed by atoms with Crippen molar-refractivity contribution in [2.24, 2.45) is 0 Å². The van der Waals surface area contributed by atoms with Gasteiger partial charge in [-0.3, -0.25) is 4.79 Å². The zero-order valence-electron chi connectivity index (χ0n) is 9.61. The van der Waals surface area contributed by atoms with Crippen LogP contribution in [0.25, 0.3) is 0 Å². The zero-order chi connectivity index (χ0) is 14.8. The number of benzene rings is 1. The third kappa shape index (κ3) is 3.59. The predicted octanol–water partition coefficient (Wildman–Crippen LogP) is 1.21. The fourth-order valence-electron chi connectivity index (χ4n) is 1.27. The number of nitrogens with one attached hydrogen (secondary N) is 1. The number of carboxylic acid groups (broad SMARTS) is 1. The van der Waals surface area contributed by atoms with E-state index in [4.69, 9.17) is 28.3 Å². The van der Waals surface area contributed by atoms with Crippen molar-refractivity contribution in [1.29, 1.82) is 0 Å². The summed E-state index contributed by atoms with van der Waals surface area (Å²) in [6.07, 6.45) is 0. The molecule has 1 aromatic rings. The van der Waals surface area contributed by atoms with E-state index in [2.05, 4.69) is 5.32 Å². The van der Waals surface area contributed by atoms with Crippen molar-refractivity contribution in [1.82, 2.24) is 5.32 Å². The summed E-state index contributed by atoms with van der Waals surface area (Å²) in [7, 11) is -2.79. The van der Waals surface area contributed by atoms with Gasteiger partial charge in [0.2, 0.25) is 5.91 Å². The molecular weight excluding hydrogens is 317 g/mol. The summed E-state index contributed by atoms with van der Waals surface area (Å²) >= 11 is 11.4. The molecule has 0 saturated carbocycles. The van der Waals surface area contributed by atoms with Gasteiger partial charge in [-0.2, -0.15) is 0 Å². The number of carboxylic acids is 1. The molecule has 0 unspecified atom stereocenters. The van der Waals surface area contributed by atoms with Gasteiger partial charge in [0.05, 0.1) is 15.5 Å². The highest BCUT2D eigenvalue weighted by Gasteiger charge is 2.25. The Morgan fingerprint density at radius 3 is 2.37 bits per heavy atom. The topological polar surface area (TPSA) is 101 Å². The van der Waals surface area contributed by atoms with Crippen LogP contribution < -0.4 is 5.32 Å². The second kappa shape index (κ2) is 5.77. The van der Waals surface area contributed by atoms with Crippen molar-refractivity contribution in [2.45, 2.75) is 4.90 Å². The van der Waals surface area contributed by atoms with Crippen LogP contribution in [0.5, 0.6) is 0 Å².